The van der Waals surface area contributed by atoms with Crippen LogP contribution in [0.25, 0.3) is 0 Å². The van der Waals surface area contributed by atoms with E-state index in [9.17, 15) is 18.0 Å². The fraction of sp³-hybridized carbons (Fsp3) is 0.150. The number of carbonyl (C=O) groups excluding carboxylic acids is 1. The number of halogens is 4. The highest BCUT2D eigenvalue weighted by atomic mass is 35.5. The standard InChI is InChI=1S/C20H16ClF3N4O/c1-28(12-13-7-8-17(21)26-11-13)19(29)16-6-3-9-25-18(16)27-15-5-2-4-14(10-15)20(22,23)24/h2-11H,12H2,1H3,(H,25,27). The highest BCUT2D eigenvalue weighted by Gasteiger charge is 2.30. The molecule has 2 aromatic heterocycles. The fourth-order valence-corrected chi connectivity index (χ4v) is 2.75. The summed E-state index contributed by atoms with van der Waals surface area (Å²) >= 11 is 5.77. The van der Waals surface area contributed by atoms with Gasteiger partial charge in [-0.1, -0.05) is 23.7 Å². The first kappa shape index (κ1) is 20.6. The first-order valence-electron chi connectivity index (χ1n) is 8.49. The molecule has 1 amide bonds. The molecule has 0 bridgehead atoms. The monoisotopic (exact) mass is 420 g/mol. The lowest BCUT2D eigenvalue weighted by molar-refractivity contribution is -0.137. The fourth-order valence-electron chi connectivity index (χ4n) is 2.64. The molecule has 29 heavy (non-hydrogen) atoms. The van der Waals surface area contributed by atoms with Gasteiger partial charge in [-0.15, -0.1) is 0 Å². The number of nitrogens with one attached hydrogen (secondary N) is 1. The summed E-state index contributed by atoms with van der Waals surface area (Å²) < 4.78 is 38.8. The van der Waals surface area contributed by atoms with Crippen LogP contribution in [-0.4, -0.2) is 27.8 Å². The predicted molar refractivity (Wildman–Crippen MR) is 104 cm³/mol. The van der Waals surface area contributed by atoms with E-state index >= 15 is 0 Å². The van der Waals surface area contributed by atoms with Crippen molar-refractivity contribution in [3.63, 3.8) is 0 Å². The first-order chi connectivity index (χ1) is 13.7. The summed E-state index contributed by atoms with van der Waals surface area (Å²) in [5.74, 6) is -0.180. The van der Waals surface area contributed by atoms with Gasteiger partial charge >= 0.3 is 6.18 Å². The number of hydrogen-bond donors (Lipinski definition) is 1. The Labute approximate surface area is 170 Å². The van der Waals surface area contributed by atoms with Crippen LogP contribution in [0.4, 0.5) is 24.7 Å². The highest BCUT2D eigenvalue weighted by molar-refractivity contribution is 6.29. The molecule has 0 atom stereocenters. The van der Waals surface area contributed by atoms with Gasteiger partial charge in [0.15, 0.2) is 0 Å². The number of nitrogens with zero attached hydrogens (tertiary/aromatic N) is 3. The summed E-state index contributed by atoms with van der Waals surface area (Å²) in [6.45, 7) is 0.279. The maximum atomic E-state index is 12.9. The van der Waals surface area contributed by atoms with Crippen LogP contribution in [0.5, 0.6) is 0 Å². The number of benzene rings is 1. The second kappa shape index (κ2) is 8.48. The van der Waals surface area contributed by atoms with Gasteiger partial charge in [0.2, 0.25) is 0 Å². The van der Waals surface area contributed by atoms with Crippen molar-refractivity contribution in [2.24, 2.45) is 0 Å². The van der Waals surface area contributed by atoms with Crippen LogP contribution >= 0.6 is 11.6 Å². The summed E-state index contributed by atoms with van der Waals surface area (Å²) in [6, 6.07) is 11.2. The molecule has 0 aliphatic heterocycles. The largest absolute Gasteiger partial charge is 0.416 e. The molecule has 2 heterocycles. The zero-order valence-electron chi connectivity index (χ0n) is 15.2. The van der Waals surface area contributed by atoms with Crippen molar-refractivity contribution >= 4 is 29.0 Å². The van der Waals surface area contributed by atoms with Gasteiger partial charge in [0.1, 0.15) is 11.0 Å². The molecule has 0 saturated carbocycles. The Morgan fingerprint density at radius 3 is 2.62 bits per heavy atom. The molecular formula is C20H16ClF3N4O. The SMILES string of the molecule is CN(Cc1ccc(Cl)nc1)C(=O)c1cccnc1Nc1cccc(C(F)(F)F)c1. The van der Waals surface area contributed by atoms with Crippen molar-refractivity contribution < 1.29 is 18.0 Å². The van der Waals surface area contributed by atoms with Gasteiger partial charge in [0.25, 0.3) is 5.91 Å². The van der Waals surface area contributed by atoms with E-state index in [1.54, 1.807) is 37.5 Å². The number of hydrogen-bond acceptors (Lipinski definition) is 4. The molecule has 0 spiro atoms. The van der Waals surface area contributed by atoms with Crippen molar-refractivity contribution in [1.29, 1.82) is 0 Å². The highest BCUT2D eigenvalue weighted by Crippen LogP contribution is 2.31. The normalized spacial score (nSPS) is 11.2. The van der Waals surface area contributed by atoms with Crippen LogP contribution < -0.4 is 5.32 Å². The van der Waals surface area contributed by atoms with E-state index in [-0.39, 0.29) is 29.5 Å². The molecule has 3 aromatic rings. The van der Waals surface area contributed by atoms with Crippen molar-refractivity contribution in [1.82, 2.24) is 14.9 Å². The smallest absolute Gasteiger partial charge is 0.340 e. The number of rotatable bonds is 5. The zero-order chi connectivity index (χ0) is 21.0. The molecule has 150 valence electrons. The molecule has 0 fully saturated rings. The Morgan fingerprint density at radius 2 is 1.93 bits per heavy atom. The number of amides is 1. The van der Waals surface area contributed by atoms with Gasteiger partial charge in [0, 0.05) is 31.7 Å². The maximum absolute atomic E-state index is 12.9. The van der Waals surface area contributed by atoms with E-state index in [2.05, 4.69) is 15.3 Å². The van der Waals surface area contributed by atoms with E-state index in [0.717, 1.165) is 17.7 Å². The summed E-state index contributed by atoms with van der Waals surface area (Å²) in [4.78, 5) is 22.4. The average molecular weight is 421 g/mol. The van der Waals surface area contributed by atoms with Crippen LogP contribution in [-0.2, 0) is 12.7 Å². The predicted octanol–water partition coefficient (Wildman–Crippen LogP) is 5.16. The van der Waals surface area contributed by atoms with Gasteiger partial charge in [-0.2, -0.15) is 13.2 Å². The summed E-state index contributed by atoms with van der Waals surface area (Å²) in [5.41, 5.74) is 0.395. The quantitative estimate of drug-likeness (QED) is 0.579. The summed E-state index contributed by atoms with van der Waals surface area (Å²) in [7, 11) is 1.61. The molecule has 0 saturated heterocycles. The molecule has 0 aliphatic carbocycles. The number of carbonyl (C=O) groups is 1. The first-order valence-corrected chi connectivity index (χ1v) is 8.87. The maximum Gasteiger partial charge on any atom is 0.416 e. The minimum Gasteiger partial charge on any atom is -0.340 e. The molecule has 0 radical (unpaired) electrons. The van der Waals surface area contributed by atoms with Gasteiger partial charge in [-0.25, -0.2) is 9.97 Å². The van der Waals surface area contributed by atoms with Crippen molar-refractivity contribution in [2.45, 2.75) is 12.7 Å². The second-order valence-electron chi connectivity index (χ2n) is 6.25. The second-order valence-corrected chi connectivity index (χ2v) is 6.64. The number of anilines is 2. The molecule has 3 rings (SSSR count). The van der Waals surface area contributed by atoms with Crippen molar-refractivity contribution in [3.05, 3.63) is 82.8 Å². The Morgan fingerprint density at radius 1 is 1.14 bits per heavy atom. The molecule has 0 unspecified atom stereocenters. The van der Waals surface area contributed by atoms with Crippen LogP contribution in [0.3, 0.4) is 0 Å². The van der Waals surface area contributed by atoms with Crippen LogP contribution in [0, 0.1) is 0 Å². The number of pyridine rings is 2. The van der Waals surface area contributed by atoms with Crippen LogP contribution in [0.2, 0.25) is 5.15 Å². The van der Waals surface area contributed by atoms with E-state index in [0.29, 0.717) is 5.15 Å². The van der Waals surface area contributed by atoms with E-state index < -0.39 is 11.7 Å². The zero-order valence-corrected chi connectivity index (χ0v) is 16.0. The van der Waals surface area contributed by atoms with E-state index in [4.69, 9.17) is 11.6 Å². The molecule has 0 aliphatic rings. The molecule has 9 heteroatoms. The molecular weight excluding hydrogens is 405 g/mol. The average Bonchev–Trinajstić information content (AvgIpc) is 2.69. The number of alkyl halides is 3. The van der Waals surface area contributed by atoms with Crippen LogP contribution in [0.1, 0.15) is 21.5 Å². The molecule has 1 aromatic carbocycles. The lowest BCUT2D eigenvalue weighted by atomic mass is 10.1. The Kier molecular flexibility index (Phi) is 6.03. The van der Waals surface area contributed by atoms with Gasteiger partial charge in [-0.3, -0.25) is 4.79 Å². The van der Waals surface area contributed by atoms with Crippen LogP contribution in [0.15, 0.2) is 60.9 Å². The van der Waals surface area contributed by atoms with E-state index in [1.165, 1.54) is 23.2 Å². The Hall–Kier alpha value is -3.13. The van der Waals surface area contributed by atoms with Crippen molar-refractivity contribution in [3.8, 4) is 0 Å². The lowest BCUT2D eigenvalue weighted by Crippen LogP contribution is -2.27. The Bertz CT molecular complexity index is 1010. The van der Waals surface area contributed by atoms with Gasteiger partial charge < -0.3 is 10.2 Å². The van der Waals surface area contributed by atoms with Gasteiger partial charge in [-0.05, 0) is 42.0 Å². The third kappa shape index (κ3) is 5.23. The minimum absolute atomic E-state index is 0.165. The Balaban J connectivity index is 1.81. The van der Waals surface area contributed by atoms with E-state index in [1.807, 2.05) is 0 Å². The topological polar surface area (TPSA) is 58.1 Å². The number of aromatic nitrogens is 2. The van der Waals surface area contributed by atoms with Crippen molar-refractivity contribution in [2.75, 3.05) is 12.4 Å². The molecule has 5 nitrogen and oxygen atoms in total. The third-order valence-electron chi connectivity index (χ3n) is 4.05. The summed E-state index contributed by atoms with van der Waals surface area (Å²) in [6.07, 6.45) is -1.44. The summed E-state index contributed by atoms with van der Waals surface area (Å²) in [5, 5.41) is 3.15. The van der Waals surface area contributed by atoms with Gasteiger partial charge in [0.05, 0.1) is 11.1 Å². The minimum atomic E-state index is -4.46. The third-order valence-corrected chi connectivity index (χ3v) is 4.27. The molecule has 1 N–H and O–H groups in total. The lowest BCUT2D eigenvalue weighted by Gasteiger charge is -2.19.